The van der Waals surface area contributed by atoms with E-state index in [2.05, 4.69) is 4.98 Å². The fourth-order valence-electron chi connectivity index (χ4n) is 2.65. The minimum atomic E-state index is -1.19. The summed E-state index contributed by atoms with van der Waals surface area (Å²) in [4.78, 5) is 30.9. The van der Waals surface area contributed by atoms with Crippen LogP contribution in [0, 0.1) is 12.7 Å². The number of halogens is 1. The molecule has 0 radical (unpaired) electrons. The summed E-state index contributed by atoms with van der Waals surface area (Å²) in [6.07, 6.45) is 0. The number of primary amides is 1. The monoisotopic (exact) mass is 363 g/mol. The van der Waals surface area contributed by atoms with Gasteiger partial charge in [0.25, 0.3) is 11.8 Å². The van der Waals surface area contributed by atoms with E-state index < -0.39 is 11.5 Å². The van der Waals surface area contributed by atoms with Gasteiger partial charge in [0.05, 0.1) is 18.8 Å². The second-order valence-corrected chi connectivity index (χ2v) is 7.11. The maximum Gasteiger partial charge on any atom is 0.266 e. The van der Waals surface area contributed by atoms with Gasteiger partial charge in [0.1, 0.15) is 15.7 Å². The average molecular weight is 363 g/mol. The Morgan fingerprint density at radius 2 is 2.04 bits per heavy atom. The average Bonchev–Trinajstić information content (AvgIpc) is 2.96. The summed E-state index contributed by atoms with van der Waals surface area (Å²) in [5.41, 5.74) is 5.54. The van der Waals surface area contributed by atoms with Crippen LogP contribution in [0.25, 0.3) is 10.6 Å². The van der Waals surface area contributed by atoms with Crippen molar-refractivity contribution in [1.29, 1.82) is 0 Å². The lowest BCUT2D eigenvalue weighted by Gasteiger charge is -2.38. The molecule has 3 rings (SSSR count). The zero-order valence-electron chi connectivity index (χ0n) is 13.9. The third kappa shape index (κ3) is 3.40. The van der Waals surface area contributed by atoms with Gasteiger partial charge in [-0.1, -0.05) is 0 Å². The fourth-order valence-corrected chi connectivity index (χ4v) is 3.69. The molecule has 1 aromatic carbocycles. The predicted octanol–water partition coefficient (Wildman–Crippen LogP) is 1.97. The molecule has 1 saturated heterocycles. The van der Waals surface area contributed by atoms with Crippen LogP contribution in [0.4, 0.5) is 4.39 Å². The van der Waals surface area contributed by atoms with Crippen LogP contribution in [0.1, 0.15) is 22.3 Å². The molecule has 0 aliphatic carbocycles. The van der Waals surface area contributed by atoms with E-state index in [0.717, 1.165) is 5.56 Å². The standard InChI is InChI=1S/C17H18FN3O3S/c1-10-13(25-14(20-10)11-3-5-12(18)6-4-11)15(22)21-7-8-24-17(2,9-21)16(19)23/h3-6H,7-9H2,1-2H3,(H2,19,23)/t17-/m1/s1. The number of carbonyl (C=O) groups excluding carboxylic acids is 2. The molecule has 0 saturated carbocycles. The number of amides is 2. The molecule has 1 aliphatic heterocycles. The van der Waals surface area contributed by atoms with Gasteiger partial charge in [-0.25, -0.2) is 9.37 Å². The second-order valence-electron chi connectivity index (χ2n) is 6.11. The van der Waals surface area contributed by atoms with E-state index in [1.165, 1.54) is 23.5 Å². The van der Waals surface area contributed by atoms with Gasteiger partial charge >= 0.3 is 0 Å². The number of aryl methyl sites for hydroxylation is 1. The summed E-state index contributed by atoms with van der Waals surface area (Å²) >= 11 is 1.25. The molecule has 2 N–H and O–H groups in total. The largest absolute Gasteiger partial charge is 0.367 e. The number of hydrogen-bond acceptors (Lipinski definition) is 5. The first-order valence-electron chi connectivity index (χ1n) is 7.77. The number of rotatable bonds is 3. The summed E-state index contributed by atoms with van der Waals surface area (Å²) in [5.74, 6) is -1.13. The Labute approximate surface area is 148 Å². The molecule has 6 nitrogen and oxygen atoms in total. The Bertz CT molecular complexity index is 821. The second kappa shape index (κ2) is 6.53. The summed E-state index contributed by atoms with van der Waals surface area (Å²) in [7, 11) is 0. The van der Waals surface area contributed by atoms with Crippen molar-refractivity contribution in [2.24, 2.45) is 5.73 Å². The van der Waals surface area contributed by atoms with Crippen molar-refractivity contribution >= 4 is 23.2 Å². The molecule has 132 valence electrons. The topological polar surface area (TPSA) is 85.5 Å². The minimum Gasteiger partial charge on any atom is -0.367 e. The van der Waals surface area contributed by atoms with Crippen LogP contribution in [0.3, 0.4) is 0 Å². The molecule has 2 amide bonds. The molecule has 1 aromatic heterocycles. The van der Waals surface area contributed by atoms with Gasteiger partial charge in [-0.2, -0.15) is 0 Å². The van der Waals surface area contributed by atoms with Gasteiger partial charge in [-0.15, -0.1) is 11.3 Å². The summed E-state index contributed by atoms with van der Waals surface area (Å²) < 4.78 is 18.5. The number of hydrogen-bond donors (Lipinski definition) is 1. The van der Waals surface area contributed by atoms with Crippen LogP contribution in [0.2, 0.25) is 0 Å². The third-order valence-corrected chi connectivity index (χ3v) is 5.36. The first-order chi connectivity index (χ1) is 11.8. The molecular formula is C17H18FN3O3S. The highest BCUT2D eigenvalue weighted by molar-refractivity contribution is 7.17. The van der Waals surface area contributed by atoms with Gasteiger partial charge in [-0.05, 0) is 38.1 Å². The van der Waals surface area contributed by atoms with Crippen molar-refractivity contribution in [3.8, 4) is 10.6 Å². The summed E-state index contributed by atoms with van der Waals surface area (Å²) in [5, 5.41) is 0.645. The highest BCUT2D eigenvalue weighted by Crippen LogP contribution is 2.30. The van der Waals surface area contributed by atoms with Crippen LogP contribution in [-0.2, 0) is 9.53 Å². The Hall–Kier alpha value is -2.32. The van der Waals surface area contributed by atoms with Gasteiger partial charge in [0.2, 0.25) is 0 Å². The quantitative estimate of drug-likeness (QED) is 0.903. The number of benzene rings is 1. The molecule has 0 spiro atoms. The smallest absolute Gasteiger partial charge is 0.266 e. The van der Waals surface area contributed by atoms with E-state index in [0.29, 0.717) is 22.1 Å². The SMILES string of the molecule is Cc1nc(-c2ccc(F)cc2)sc1C(=O)N1CCO[C@@](C)(C(N)=O)C1. The Morgan fingerprint density at radius 1 is 1.36 bits per heavy atom. The number of nitrogens with zero attached hydrogens (tertiary/aromatic N) is 2. The Kier molecular flexibility index (Phi) is 4.57. The zero-order valence-corrected chi connectivity index (χ0v) is 14.7. The van der Waals surface area contributed by atoms with Crippen molar-refractivity contribution in [3.05, 3.63) is 40.7 Å². The Balaban J connectivity index is 1.85. The van der Waals surface area contributed by atoms with Crippen molar-refractivity contribution in [1.82, 2.24) is 9.88 Å². The predicted molar refractivity (Wildman–Crippen MR) is 91.7 cm³/mol. The van der Waals surface area contributed by atoms with Crippen molar-refractivity contribution in [3.63, 3.8) is 0 Å². The maximum atomic E-state index is 13.1. The van der Waals surface area contributed by atoms with Crippen LogP contribution in [-0.4, -0.2) is 47.0 Å². The lowest BCUT2D eigenvalue weighted by Crippen LogP contribution is -2.58. The maximum absolute atomic E-state index is 13.1. The number of aromatic nitrogens is 1. The molecule has 0 bridgehead atoms. The molecule has 2 aromatic rings. The van der Waals surface area contributed by atoms with Gasteiger partial charge in [0.15, 0.2) is 5.60 Å². The first kappa shape index (κ1) is 17.5. The third-order valence-electron chi connectivity index (χ3n) is 4.16. The molecule has 1 atom stereocenters. The number of ether oxygens (including phenoxy) is 1. The van der Waals surface area contributed by atoms with Crippen LogP contribution >= 0.6 is 11.3 Å². The van der Waals surface area contributed by atoms with E-state index in [4.69, 9.17) is 10.5 Å². The minimum absolute atomic E-state index is 0.102. The number of nitrogens with two attached hydrogens (primary N) is 1. The lowest BCUT2D eigenvalue weighted by atomic mass is 10.0. The van der Waals surface area contributed by atoms with E-state index >= 15 is 0 Å². The van der Waals surface area contributed by atoms with Gasteiger partial charge in [0, 0.05) is 12.1 Å². The fraction of sp³-hybridized carbons (Fsp3) is 0.353. The number of morpholine rings is 1. The molecule has 0 unspecified atom stereocenters. The van der Waals surface area contributed by atoms with E-state index in [1.807, 2.05) is 0 Å². The molecule has 1 fully saturated rings. The summed E-state index contributed by atoms with van der Waals surface area (Å²) in [6.45, 7) is 4.06. The first-order valence-corrected chi connectivity index (χ1v) is 8.58. The molecule has 8 heteroatoms. The van der Waals surface area contributed by atoms with E-state index in [1.54, 1.807) is 30.9 Å². The highest BCUT2D eigenvalue weighted by atomic mass is 32.1. The highest BCUT2D eigenvalue weighted by Gasteiger charge is 2.40. The Morgan fingerprint density at radius 3 is 2.68 bits per heavy atom. The molecule has 1 aliphatic rings. The molecule has 2 heterocycles. The van der Waals surface area contributed by atoms with Crippen LogP contribution < -0.4 is 5.73 Å². The molecule has 25 heavy (non-hydrogen) atoms. The molecular weight excluding hydrogens is 345 g/mol. The summed E-state index contributed by atoms with van der Waals surface area (Å²) in [6, 6.07) is 5.96. The van der Waals surface area contributed by atoms with Crippen molar-refractivity contribution in [2.75, 3.05) is 19.7 Å². The van der Waals surface area contributed by atoms with E-state index in [9.17, 15) is 14.0 Å². The van der Waals surface area contributed by atoms with Gasteiger partial charge < -0.3 is 15.4 Å². The van der Waals surface area contributed by atoms with Crippen LogP contribution in [0.5, 0.6) is 0 Å². The normalized spacial score (nSPS) is 20.5. The lowest BCUT2D eigenvalue weighted by molar-refractivity contribution is -0.150. The van der Waals surface area contributed by atoms with Crippen molar-refractivity contribution in [2.45, 2.75) is 19.4 Å². The number of carbonyl (C=O) groups is 2. The van der Waals surface area contributed by atoms with Gasteiger partial charge in [-0.3, -0.25) is 9.59 Å². The number of thiazole rings is 1. The van der Waals surface area contributed by atoms with E-state index in [-0.39, 0.29) is 24.9 Å². The zero-order chi connectivity index (χ0) is 18.2. The van der Waals surface area contributed by atoms with Crippen molar-refractivity contribution < 1.29 is 18.7 Å². The van der Waals surface area contributed by atoms with Crippen LogP contribution in [0.15, 0.2) is 24.3 Å².